The number of benzene rings is 2. The molecule has 0 amide bonds. The lowest BCUT2D eigenvalue weighted by Crippen LogP contribution is -2.26. The SMILES string of the molecule is CCCCc1oc2ccc(C(=O)O)cc2c1C(=O)c1ccc(/C=C\CN(CCCC)CCCC)cc1.O=C(O)C(=O)O. The van der Waals surface area contributed by atoms with Crippen LogP contribution in [-0.2, 0) is 16.0 Å². The summed E-state index contributed by atoms with van der Waals surface area (Å²) in [6.45, 7) is 9.70. The van der Waals surface area contributed by atoms with E-state index in [0.717, 1.165) is 38.0 Å². The molecule has 2 aromatic carbocycles. The fourth-order valence-electron chi connectivity index (χ4n) is 4.33. The van der Waals surface area contributed by atoms with Gasteiger partial charge in [-0.2, -0.15) is 0 Å². The molecule has 0 atom stereocenters. The molecule has 1 aromatic heterocycles. The number of nitrogens with zero attached hydrogens (tertiary/aromatic N) is 1. The van der Waals surface area contributed by atoms with Crippen molar-refractivity contribution >= 4 is 40.7 Å². The first-order valence-electron chi connectivity index (χ1n) is 14.4. The number of aliphatic carboxylic acids is 2. The molecule has 226 valence electrons. The van der Waals surface area contributed by atoms with E-state index in [2.05, 4.69) is 37.8 Å². The zero-order valence-corrected chi connectivity index (χ0v) is 24.6. The number of carboxylic acids is 3. The average Bonchev–Trinajstić information content (AvgIpc) is 3.34. The van der Waals surface area contributed by atoms with Gasteiger partial charge in [0.2, 0.25) is 0 Å². The van der Waals surface area contributed by atoms with Crippen LogP contribution in [0.25, 0.3) is 17.0 Å². The van der Waals surface area contributed by atoms with Gasteiger partial charge < -0.3 is 19.7 Å². The first-order valence-corrected chi connectivity index (χ1v) is 14.4. The van der Waals surface area contributed by atoms with Gasteiger partial charge in [-0.1, -0.05) is 76.5 Å². The highest BCUT2D eigenvalue weighted by atomic mass is 16.4. The number of hydrogen-bond donors (Lipinski definition) is 3. The molecule has 0 radical (unpaired) electrons. The van der Waals surface area contributed by atoms with Crippen molar-refractivity contribution < 1.29 is 38.9 Å². The summed E-state index contributed by atoms with van der Waals surface area (Å²) in [6.07, 6.45) is 11.6. The Kier molecular flexibility index (Phi) is 14.2. The zero-order valence-electron chi connectivity index (χ0n) is 24.6. The highest BCUT2D eigenvalue weighted by molar-refractivity contribution is 6.27. The topological polar surface area (TPSA) is 145 Å². The molecule has 9 heteroatoms. The molecular weight excluding hydrogens is 538 g/mol. The molecule has 0 unspecified atom stereocenters. The molecule has 3 N–H and O–H groups in total. The second kappa shape index (κ2) is 17.5. The highest BCUT2D eigenvalue weighted by Gasteiger charge is 2.23. The van der Waals surface area contributed by atoms with Crippen LogP contribution in [0.4, 0.5) is 0 Å². The first kappa shape index (κ1) is 34.0. The van der Waals surface area contributed by atoms with E-state index in [4.69, 9.17) is 24.2 Å². The van der Waals surface area contributed by atoms with Crippen molar-refractivity contribution in [1.29, 1.82) is 0 Å². The average molecular weight is 580 g/mol. The summed E-state index contributed by atoms with van der Waals surface area (Å²) in [5.74, 6) is -4.18. The lowest BCUT2D eigenvalue weighted by Gasteiger charge is -2.19. The Balaban J connectivity index is 0.000000928. The summed E-state index contributed by atoms with van der Waals surface area (Å²) in [4.78, 5) is 45.8. The number of aromatic carboxylic acids is 1. The molecule has 0 saturated carbocycles. The number of carbonyl (C=O) groups is 4. The van der Waals surface area contributed by atoms with Gasteiger partial charge in [-0.3, -0.25) is 9.69 Å². The Morgan fingerprint density at radius 1 is 0.786 bits per heavy atom. The van der Waals surface area contributed by atoms with Crippen molar-refractivity contribution in [3.8, 4) is 0 Å². The minimum atomic E-state index is -1.82. The maximum absolute atomic E-state index is 13.6. The van der Waals surface area contributed by atoms with Crippen LogP contribution >= 0.6 is 0 Å². The van der Waals surface area contributed by atoms with E-state index in [9.17, 15) is 14.7 Å². The van der Waals surface area contributed by atoms with Crippen LogP contribution in [0.5, 0.6) is 0 Å². The summed E-state index contributed by atoms with van der Waals surface area (Å²) in [5.41, 5.74) is 2.79. The molecule has 0 aliphatic heterocycles. The Morgan fingerprint density at radius 2 is 1.36 bits per heavy atom. The molecule has 3 aromatic rings. The second-order valence-corrected chi connectivity index (χ2v) is 9.99. The van der Waals surface area contributed by atoms with Crippen molar-refractivity contribution in [3.05, 3.63) is 76.6 Å². The standard InChI is InChI=1S/C31H39NO4.C2H2O4/c1-4-7-12-28-29(26-22-25(31(34)35)17-18-27(26)36-28)30(33)24-15-13-23(14-16-24)11-10-21-32(19-8-5-2)20-9-6-3;3-1(4)2(5)6/h10-11,13-18,22H,4-9,12,19-21H2,1-3H3,(H,34,35);(H,3,4)(H,5,6)/b11-10-;. The predicted octanol–water partition coefficient (Wildman–Crippen LogP) is 6.78. The molecule has 9 nitrogen and oxygen atoms in total. The lowest BCUT2D eigenvalue weighted by molar-refractivity contribution is -0.159. The molecule has 0 saturated heterocycles. The monoisotopic (exact) mass is 579 g/mol. The Bertz CT molecular complexity index is 1350. The van der Waals surface area contributed by atoms with Crippen LogP contribution in [0.15, 0.2) is 53.0 Å². The van der Waals surface area contributed by atoms with Gasteiger partial charge in [0.25, 0.3) is 0 Å². The predicted molar refractivity (Wildman–Crippen MR) is 162 cm³/mol. The molecule has 0 spiro atoms. The van der Waals surface area contributed by atoms with Crippen molar-refractivity contribution in [2.24, 2.45) is 0 Å². The van der Waals surface area contributed by atoms with E-state index in [0.29, 0.717) is 34.3 Å². The van der Waals surface area contributed by atoms with Crippen molar-refractivity contribution in [3.63, 3.8) is 0 Å². The summed E-state index contributed by atoms with van der Waals surface area (Å²) < 4.78 is 6.00. The maximum Gasteiger partial charge on any atom is 0.414 e. The number of fused-ring (bicyclic) bond motifs is 1. The van der Waals surface area contributed by atoms with Crippen LogP contribution in [0.3, 0.4) is 0 Å². The van der Waals surface area contributed by atoms with Crippen LogP contribution in [0, 0.1) is 0 Å². The van der Waals surface area contributed by atoms with Gasteiger partial charge in [0.15, 0.2) is 5.78 Å². The van der Waals surface area contributed by atoms with E-state index in [-0.39, 0.29) is 11.3 Å². The quantitative estimate of drug-likeness (QED) is 0.131. The summed E-state index contributed by atoms with van der Waals surface area (Å²) in [5, 5.41) is 24.8. The Labute approximate surface area is 246 Å². The van der Waals surface area contributed by atoms with Gasteiger partial charge in [0, 0.05) is 23.9 Å². The summed E-state index contributed by atoms with van der Waals surface area (Å²) in [6, 6.07) is 12.3. The van der Waals surface area contributed by atoms with Gasteiger partial charge in [-0.05, 0) is 56.1 Å². The fraction of sp³-hybridized carbons (Fsp3) is 0.394. The number of carbonyl (C=O) groups excluding carboxylic acids is 1. The molecular formula is C33H41NO8. The smallest absolute Gasteiger partial charge is 0.414 e. The summed E-state index contributed by atoms with van der Waals surface area (Å²) >= 11 is 0. The van der Waals surface area contributed by atoms with Gasteiger partial charge in [-0.15, -0.1) is 0 Å². The molecule has 0 bridgehead atoms. The van der Waals surface area contributed by atoms with E-state index in [1.807, 2.05) is 24.3 Å². The fourth-order valence-corrected chi connectivity index (χ4v) is 4.33. The highest BCUT2D eigenvalue weighted by Crippen LogP contribution is 2.30. The first-order chi connectivity index (χ1) is 20.1. The zero-order chi connectivity index (χ0) is 31.1. The number of hydrogen-bond acceptors (Lipinski definition) is 6. The number of aryl methyl sites for hydroxylation is 1. The number of unbranched alkanes of at least 4 members (excludes halogenated alkanes) is 3. The number of rotatable bonds is 15. The van der Waals surface area contributed by atoms with Gasteiger partial charge in [0.1, 0.15) is 11.3 Å². The molecule has 0 aliphatic carbocycles. The molecule has 3 rings (SSSR count). The van der Waals surface area contributed by atoms with Gasteiger partial charge >= 0.3 is 17.9 Å². The number of furan rings is 1. The largest absolute Gasteiger partial charge is 0.478 e. The molecule has 0 aliphatic rings. The Hall–Kier alpha value is -4.24. The molecule has 1 heterocycles. The van der Waals surface area contributed by atoms with E-state index in [1.54, 1.807) is 12.1 Å². The molecule has 0 fully saturated rings. The number of ketones is 1. The van der Waals surface area contributed by atoms with E-state index < -0.39 is 17.9 Å². The third-order valence-corrected chi connectivity index (χ3v) is 6.68. The third kappa shape index (κ3) is 10.3. The van der Waals surface area contributed by atoms with Gasteiger partial charge in [0.05, 0.1) is 11.1 Å². The van der Waals surface area contributed by atoms with Crippen LogP contribution in [0.2, 0.25) is 0 Å². The van der Waals surface area contributed by atoms with E-state index in [1.165, 1.54) is 31.7 Å². The maximum atomic E-state index is 13.6. The van der Waals surface area contributed by atoms with Crippen molar-refractivity contribution in [2.75, 3.05) is 19.6 Å². The van der Waals surface area contributed by atoms with E-state index >= 15 is 0 Å². The van der Waals surface area contributed by atoms with Crippen molar-refractivity contribution in [2.45, 2.75) is 65.7 Å². The molecule has 42 heavy (non-hydrogen) atoms. The lowest BCUT2D eigenvalue weighted by atomic mass is 9.97. The van der Waals surface area contributed by atoms with Crippen molar-refractivity contribution in [1.82, 2.24) is 4.90 Å². The summed E-state index contributed by atoms with van der Waals surface area (Å²) in [7, 11) is 0. The van der Waals surface area contributed by atoms with Crippen LogP contribution in [-0.4, -0.2) is 63.5 Å². The second-order valence-electron chi connectivity index (χ2n) is 9.99. The normalized spacial score (nSPS) is 11.0. The third-order valence-electron chi connectivity index (χ3n) is 6.68. The van der Waals surface area contributed by atoms with Gasteiger partial charge in [-0.25, -0.2) is 14.4 Å². The van der Waals surface area contributed by atoms with Crippen LogP contribution < -0.4 is 0 Å². The minimum Gasteiger partial charge on any atom is -0.478 e. The minimum absolute atomic E-state index is 0.136. The number of carboxylic acid groups (broad SMARTS) is 3. The van der Waals surface area contributed by atoms with Crippen LogP contribution in [0.1, 0.15) is 96.9 Å². The Morgan fingerprint density at radius 3 is 1.88 bits per heavy atom.